The summed E-state index contributed by atoms with van der Waals surface area (Å²) in [5, 5.41) is 0.158. The summed E-state index contributed by atoms with van der Waals surface area (Å²) in [6.07, 6.45) is 0.533. The number of carbonyl (C=O) groups is 1. The summed E-state index contributed by atoms with van der Waals surface area (Å²) in [5.41, 5.74) is 0. The number of hydrogen-bond acceptors (Lipinski definition) is 1. The van der Waals surface area contributed by atoms with Crippen LogP contribution in [0.15, 0.2) is 0 Å². The van der Waals surface area contributed by atoms with E-state index in [-0.39, 0.29) is 11.1 Å². The third-order valence-electron chi connectivity index (χ3n) is 0.851. The van der Waals surface area contributed by atoms with Crippen molar-refractivity contribution in [1.82, 2.24) is 0 Å². The van der Waals surface area contributed by atoms with Gasteiger partial charge < -0.3 is 0 Å². The predicted molar refractivity (Wildman–Crippen MR) is 36.1 cm³/mol. The maximum absolute atomic E-state index is 11.5. The van der Waals surface area contributed by atoms with Crippen LogP contribution in [0.2, 0.25) is 5.32 Å². The average Bonchev–Trinajstić information content (AvgIpc) is 1.63. The monoisotopic (exact) mass is 198 g/mol. The first-order chi connectivity index (χ1) is 4.16. The van der Waals surface area contributed by atoms with Gasteiger partial charge in [0.2, 0.25) is 0 Å². The minimum atomic E-state index is -0.966. The standard InChI is InChI=1S/C6H11FOSe/c1-5(2)3-6(8)4-9-7/h5H,3-4H2,1-2H3. The van der Waals surface area contributed by atoms with Crippen LogP contribution in [0.25, 0.3) is 0 Å². The molecular formula is C6H11FOSe. The Labute approximate surface area is 61.6 Å². The quantitative estimate of drug-likeness (QED) is 0.625. The van der Waals surface area contributed by atoms with E-state index in [0.717, 1.165) is 0 Å². The molecule has 0 N–H and O–H groups in total. The maximum atomic E-state index is 11.5. The number of Topliss-reactive ketones (excluding diaryl/α,β-unsaturated/α-hetero) is 1. The van der Waals surface area contributed by atoms with Crippen molar-refractivity contribution in [3.63, 3.8) is 0 Å². The SMILES string of the molecule is CC(C)CC(=O)C[Se]F. The minimum absolute atomic E-state index is 0.0625. The normalized spacial score (nSPS) is 10.2. The van der Waals surface area contributed by atoms with Crippen molar-refractivity contribution in [3.05, 3.63) is 0 Å². The summed E-state index contributed by atoms with van der Waals surface area (Å²) in [7, 11) is 0. The topological polar surface area (TPSA) is 17.1 Å². The second-order valence-corrected chi connectivity index (χ2v) is 3.45. The van der Waals surface area contributed by atoms with Gasteiger partial charge in [-0.2, -0.15) is 0 Å². The van der Waals surface area contributed by atoms with Crippen molar-refractivity contribution >= 4 is 21.2 Å². The molecule has 0 aromatic rings. The number of rotatable bonds is 4. The van der Waals surface area contributed by atoms with E-state index >= 15 is 0 Å². The van der Waals surface area contributed by atoms with Crippen LogP contribution in [0.5, 0.6) is 0 Å². The van der Waals surface area contributed by atoms with Crippen LogP contribution < -0.4 is 0 Å². The Morgan fingerprint density at radius 1 is 1.67 bits per heavy atom. The zero-order chi connectivity index (χ0) is 7.28. The van der Waals surface area contributed by atoms with Crippen LogP contribution in [0.3, 0.4) is 0 Å². The fourth-order valence-corrected chi connectivity index (χ4v) is 1.08. The van der Waals surface area contributed by atoms with Crippen molar-refractivity contribution in [2.75, 3.05) is 0 Å². The Balaban J connectivity index is 3.27. The van der Waals surface area contributed by atoms with E-state index < -0.39 is 15.4 Å². The van der Waals surface area contributed by atoms with E-state index in [4.69, 9.17) is 0 Å². The zero-order valence-electron chi connectivity index (χ0n) is 5.69. The second kappa shape index (κ2) is 4.95. The first-order valence-electron chi connectivity index (χ1n) is 2.92. The van der Waals surface area contributed by atoms with Gasteiger partial charge in [0.05, 0.1) is 0 Å². The van der Waals surface area contributed by atoms with E-state index in [1.165, 1.54) is 0 Å². The molecule has 3 heteroatoms. The van der Waals surface area contributed by atoms with Gasteiger partial charge in [0, 0.05) is 0 Å². The van der Waals surface area contributed by atoms with Gasteiger partial charge in [0.15, 0.2) is 0 Å². The van der Waals surface area contributed by atoms with Crippen LogP contribution in [0, 0.1) is 5.92 Å². The third kappa shape index (κ3) is 6.00. The van der Waals surface area contributed by atoms with Gasteiger partial charge >= 0.3 is 61.0 Å². The van der Waals surface area contributed by atoms with Gasteiger partial charge in [-0.1, -0.05) is 0 Å². The van der Waals surface area contributed by atoms with E-state index in [1.807, 2.05) is 13.8 Å². The Kier molecular flexibility index (Phi) is 5.01. The van der Waals surface area contributed by atoms with Crippen LogP contribution in [-0.4, -0.2) is 21.2 Å². The molecule has 0 atom stereocenters. The van der Waals surface area contributed by atoms with Crippen molar-refractivity contribution < 1.29 is 8.35 Å². The molecule has 54 valence electrons. The van der Waals surface area contributed by atoms with Gasteiger partial charge in [-0.05, 0) is 0 Å². The van der Waals surface area contributed by atoms with E-state index in [9.17, 15) is 8.35 Å². The van der Waals surface area contributed by atoms with Crippen LogP contribution in [0.1, 0.15) is 20.3 Å². The van der Waals surface area contributed by atoms with Crippen molar-refractivity contribution in [3.8, 4) is 0 Å². The first-order valence-corrected chi connectivity index (χ1v) is 4.78. The summed E-state index contributed by atoms with van der Waals surface area (Å²) >= 11 is -0.966. The average molecular weight is 197 g/mol. The molecule has 0 amide bonds. The molecule has 0 heterocycles. The van der Waals surface area contributed by atoms with E-state index in [0.29, 0.717) is 12.3 Å². The fraction of sp³-hybridized carbons (Fsp3) is 0.833. The van der Waals surface area contributed by atoms with Crippen LogP contribution in [-0.2, 0) is 4.79 Å². The molecule has 0 unspecified atom stereocenters. The summed E-state index contributed by atoms with van der Waals surface area (Å²) in [6.45, 7) is 3.92. The molecule has 0 saturated heterocycles. The molecule has 0 aliphatic heterocycles. The molecule has 9 heavy (non-hydrogen) atoms. The van der Waals surface area contributed by atoms with Gasteiger partial charge in [-0.3, -0.25) is 0 Å². The molecule has 0 aliphatic rings. The number of ketones is 1. The van der Waals surface area contributed by atoms with Crippen LogP contribution >= 0.6 is 0 Å². The zero-order valence-corrected chi connectivity index (χ0v) is 7.40. The molecule has 0 spiro atoms. The Morgan fingerprint density at radius 3 is 2.56 bits per heavy atom. The fourth-order valence-electron chi connectivity index (χ4n) is 0.575. The Bertz CT molecular complexity index is 93.1. The molecule has 0 aliphatic carbocycles. The number of carbonyl (C=O) groups excluding carboxylic acids is 1. The third-order valence-corrected chi connectivity index (χ3v) is 1.76. The molecule has 0 aromatic heterocycles. The molecule has 0 fully saturated rings. The molecule has 0 radical (unpaired) electrons. The van der Waals surface area contributed by atoms with Crippen molar-refractivity contribution in [2.45, 2.75) is 25.6 Å². The van der Waals surface area contributed by atoms with Crippen molar-refractivity contribution in [1.29, 1.82) is 0 Å². The molecule has 0 bridgehead atoms. The van der Waals surface area contributed by atoms with E-state index in [1.54, 1.807) is 0 Å². The molecular weight excluding hydrogens is 186 g/mol. The summed E-state index contributed by atoms with van der Waals surface area (Å²) in [4.78, 5) is 10.6. The van der Waals surface area contributed by atoms with Gasteiger partial charge in [-0.25, -0.2) is 0 Å². The molecule has 0 aromatic carbocycles. The summed E-state index contributed by atoms with van der Waals surface area (Å²) < 4.78 is 11.5. The molecule has 1 nitrogen and oxygen atoms in total. The summed E-state index contributed by atoms with van der Waals surface area (Å²) in [5.74, 6) is 0.437. The van der Waals surface area contributed by atoms with Crippen LogP contribution in [0.4, 0.5) is 3.55 Å². The number of halogens is 1. The van der Waals surface area contributed by atoms with E-state index in [2.05, 4.69) is 0 Å². The summed E-state index contributed by atoms with van der Waals surface area (Å²) in [6, 6.07) is 0. The molecule has 0 saturated carbocycles. The first kappa shape index (κ1) is 9.12. The van der Waals surface area contributed by atoms with Gasteiger partial charge in [-0.15, -0.1) is 0 Å². The second-order valence-electron chi connectivity index (χ2n) is 2.39. The predicted octanol–water partition coefficient (Wildman–Crippen LogP) is 1.61. The number of hydrogen-bond donors (Lipinski definition) is 0. The van der Waals surface area contributed by atoms with Crippen molar-refractivity contribution in [2.24, 2.45) is 5.92 Å². The Morgan fingerprint density at radius 2 is 2.22 bits per heavy atom. The molecule has 0 rings (SSSR count). The van der Waals surface area contributed by atoms with Gasteiger partial charge in [0.25, 0.3) is 0 Å². The van der Waals surface area contributed by atoms with Gasteiger partial charge in [0.1, 0.15) is 0 Å². The Hall–Kier alpha value is 0.119.